The molecule has 1 rings (SSSR count). The number of benzene rings is 1. The van der Waals surface area contributed by atoms with Crippen molar-refractivity contribution in [2.45, 2.75) is 6.54 Å². The van der Waals surface area contributed by atoms with E-state index < -0.39 is 0 Å². The zero-order chi connectivity index (χ0) is 12.0. The Morgan fingerprint density at radius 2 is 2.38 bits per heavy atom. The van der Waals surface area contributed by atoms with Gasteiger partial charge in [-0.15, -0.1) is 0 Å². The monoisotopic (exact) mass is 236 g/mol. The van der Waals surface area contributed by atoms with Crippen molar-refractivity contribution in [3.8, 4) is 11.8 Å². The quantitative estimate of drug-likeness (QED) is 0.854. The zero-order valence-corrected chi connectivity index (χ0v) is 9.84. The second kappa shape index (κ2) is 6.16. The highest BCUT2D eigenvalue weighted by atomic mass is 35.5. The van der Waals surface area contributed by atoms with Gasteiger partial charge in [-0.05, 0) is 17.7 Å². The van der Waals surface area contributed by atoms with Gasteiger partial charge in [0.25, 0.3) is 0 Å². The van der Waals surface area contributed by atoms with Gasteiger partial charge < -0.3 is 10.1 Å². The average Bonchev–Trinajstić information content (AvgIpc) is 2.28. The van der Waals surface area contributed by atoms with Crippen molar-refractivity contribution in [3.05, 3.63) is 40.9 Å². The first-order chi connectivity index (χ1) is 7.67. The van der Waals surface area contributed by atoms with E-state index in [1.807, 2.05) is 12.1 Å². The predicted octanol–water partition coefficient (Wildman–Crippen LogP) is 2.41. The van der Waals surface area contributed by atoms with Gasteiger partial charge in [-0.25, -0.2) is 0 Å². The van der Waals surface area contributed by atoms with E-state index in [9.17, 15) is 0 Å². The molecule has 0 aliphatic heterocycles. The number of rotatable bonds is 5. The Morgan fingerprint density at radius 1 is 1.62 bits per heavy atom. The van der Waals surface area contributed by atoms with E-state index in [0.717, 1.165) is 5.56 Å². The summed E-state index contributed by atoms with van der Waals surface area (Å²) >= 11 is 5.63. The average molecular weight is 237 g/mol. The van der Waals surface area contributed by atoms with Crippen LogP contribution in [0.5, 0.6) is 5.75 Å². The largest absolute Gasteiger partial charge is 0.495 e. The summed E-state index contributed by atoms with van der Waals surface area (Å²) in [7, 11) is 1.55. The Kier molecular flexibility index (Phi) is 4.84. The second-order valence-electron chi connectivity index (χ2n) is 3.27. The molecule has 4 heteroatoms. The van der Waals surface area contributed by atoms with Crippen LogP contribution in [0.15, 0.2) is 29.8 Å². The molecule has 1 aromatic rings. The number of hydrogen-bond donors (Lipinski definition) is 1. The molecule has 16 heavy (non-hydrogen) atoms. The minimum Gasteiger partial charge on any atom is -0.495 e. The Morgan fingerprint density at radius 3 is 2.94 bits per heavy atom. The summed E-state index contributed by atoms with van der Waals surface area (Å²) in [5.74, 6) is 0.589. The highest BCUT2D eigenvalue weighted by Gasteiger charge is 2.03. The van der Waals surface area contributed by atoms with Gasteiger partial charge in [0.15, 0.2) is 0 Å². The highest BCUT2D eigenvalue weighted by molar-refractivity contribution is 6.29. The maximum absolute atomic E-state index is 8.81. The molecule has 0 aliphatic rings. The first-order valence-electron chi connectivity index (χ1n) is 4.78. The van der Waals surface area contributed by atoms with E-state index >= 15 is 0 Å². The van der Waals surface area contributed by atoms with Crippen molar-refractivity contribution in [2.24, 2.45) is 0 Å². The Bertz CT molecular complexity index is 424. The third-order valence-electron chi connectivity index (χ3n) is 2.03. The Labute approximate surface area is 100 Å². The van der Waals surface area contributed by atoms with E-state index in [2.05, 4.69) is 18.0 Å². The fourth-order valence-electron chi connectivity index (χ4n) is 1.28. The van der Waals surface area contributed by atoms with Crippen molar-refractivity contribution in [1.82, 2.24) is 5.32 Å². The molecule has 0 atom stereocenters. The molecule has 3 nitrogen and oxygen atoms in total. The molecule has 0 heterocycles. The van der Waals surface area contributed by atoms with Gasteiger partial charge in [0, 0.05) is 18.1 Å². The molecule has 0 aromatic heterocycles. The minimum atomic E-state index is 0.535. The van der Waals surface area contributed by atoms with Crippen molar-refractivity contribution < 1.29 is 4.74 Å². The fraction of sp³-hybridized carbons (Fsp3) is 0.250. The van der Waals surface area contributed by atoms with E-state index in [0.29, 0.717) is 29.4 Å². The van der Waals surface area contributed by atoms with Gasteiger partial charge in [0.2, 0.25) is 0 Å². The van der Waals surface area contributed by atoms with Crippen LogP contribution in [-0.4, -0.2) is 13.7 Å². The number of halogens is 1. The third-order valence-corrected chi connectivity index (χ3v) is 2.17. The topological polar surface area (TPSA) is 45.0 Å². The molecule has 0 bridgehead atoms. The van der Waals surface area contributed by atoms with Crippen molar-refractivity contribution in [2.75, 3.05) is 13.7 Å². The second-order valence-corrected chi connectivity index (χ2v) is 3.80. The van der Waals surface area contributed by atoms with Gasteiger partial charge in [0.05, 0.1) is 12.7 Å². The smallest absolute Gasteiger partial charge is 0.136 e. The standard InChI is InChI=1S/C12H13ClN2O/c1-9(13)7-15-8-10-3-4-11(6-14)12(5-10)16-2/h3-5,15H,1,7-8H2,2H3. The van der Waals surface area contributed by atoms with Crippen LogP contribution in [0.3, 0.4) is 0 Å². The third kappa shape index (κ3) is 3.58. The number of nitrogens with one attached hydrogen (secondary N) is 1. The van der Waals surface area contributed by atoms with Crippen LogP contribution in [0.2, 0.25) is 0 Å². The number of methoxy groups -OCH3 is 1. The maximum Gasteiger partial charge on any atom is 0.136 e. The summed E-state index contributed by atoms with van der Waals surface area (Å²) in [6.07, 6.45) is 0. The number of nitriles is 1. The molecule has 1 aromatic carbocycles. The molecule has 0 saturated heterocycles. The van der Waals surface area contributed by atoms with E-state index in [1.165, 1.54) is 0 Å². The molecule has 0 amide bonds. The summed E-state index contributed by atoms with van der Waals surface area (Å²) in [4.78, 5) is 0. The van der Waals surface area contributed by atoms with Gasteiger partial charge >= 0.3 is 0 Å². The Hall–Kier alpha value is -1.50. The van der Waals surface area contributed by atoms with E-state index in [1.54, 1.807) is 13.2 Å². The van der Waals surface area contributed by atoms with Crippen molar-refractivity contribution in [3.63, 3.8) is 0 Å². The molecule has 1 N–H and O–H groups in total. The maximum atomic E-state index is 8.81. The van der Waals surface area contributed by atoms with Gasteiger partial charge in [-0.3, -0.25) is 0 Å². The highest BCUT2D eigenvalue weighted by Crippen LogP contribution is 2.19. The van der Waals surface area contributed by atoms with E-state index in [-0.39, 0.29) is 0 Å². The molecule has 0 unspecified atom stereocenters. The van der Waals surface area contributed by atoms with Crippen LogP contribution in [0.4, 0.5) is 0 Å². The van der Waals surface area contributed by atoms with E-state index in [4.69, 9.17) is 21.6 Å². The summed E-state index contributed by atoms with van der Waals surface area (Å²) in [6, 6.07) is 7.52. The SMILES string of the molecule is C=C(Cl)CNCc1ccc(C#N)c(OC)c1. The molecule has 0 fully saturated rings. The fourth-order valence-corrected chi connectivity index (χ4v) is 1.37. The molecule has 0 saturated carbocycles. The van der Waals surface area contributed by atoms with Crippen molar-refractivity contribution in [1.29, 1.82) is 5.26 Å². The first kappa shape index (κ1) is 12.6. The summed E-state index contributed by atoms with van der Waals surface area (Å²) in [5.41, 5.74) is 1.57. The number of nitrogens with zero attached hydrogens (tertiary/aromatic N) is 1. The lowest BCUT2D eigenvalue weighted by molar-refractivity contribution is 0.413. The van der Waals surface area contributed by atoms with Crippen LogP contribution in [-0.2, 0) is 6.54 Å². The van der Waals surface area contributed by atoms with Crippen LogP contribution in [0.25, 0.3) is 0 Å². The van der Waals surface area contributed by atoms with Crippen LogP contribution < -0.4 is 10.1 Å². The predicted molar refractivity (Wildman–Crippen MR) is 64.4 cm³/mol. The van der Waals surface area contributed by atoms with Crippen molar-refractivity contribution >= 4 is 11.6 Å². The summed E-state index contributed by atoms with van der Waals surface area (Å²) < 4.78 is 5.11. The minimum absolute atomic E-state index is 0.535. The van der Waals surface area contributed by atoms with Gasteiger partial charge in [-0.1, -0.05) is 24.2 Å². The summed E-state index contributed by atoms with van der Waals surface area (Å²) in [6.45, 7) is 4.80. The normalized spacial score (nSPS) is 9.56. The van der Waals surface area contributed by atoms with Crippen LogP contribution in [0.1, 0.15) is 11.1 Å². The van der Waals surface area contributed by atoms with Crippen LogP contribution in [0, 0.1) is 11.3 Å². The molecular formula is C12H13ClN2O. The molecule has 0 aliphatic carbocycles. The lowest BCUT2D eigenvalue weighted by Gasteiger charge is -2.07. The van der Waals surface area contributed by atoms with Gasteiger partial charge in [-0.2, -0.15) is 5.26 Å². The molecular weight excluding hydrogens is 224 g/mol. The zero-order valence-electron chi connectivity index (χ0n) is 9.09. The molecule has 0 spiro atoms. The van der Waals surface area contributed by atoms with Gasteiger partial charge in [0.1, 0.15) is 11.8 Å². The first-order valence-corrected chi connectivity index (χ1v) is 5.16. The molecule has 0 radical (unpaired) electrons. The number of ether oxygens (including phenoxy) is 1. The lowest BCUT2D eigenvalue weighted by atomic mass is 10.1. The Balaban J connectivity index is 2.69. The van der Waals surface area contributed by atoms with Crippen LogP contribution >= 0.6 is 11.6 Å². The molecule has 84 valence electrons. The number of hydrogen-bond acceptors (Lipinski definition) is 3. The summed E-state index contributed by atoms with van der Waals surface area (Å²) in [5, 5.41) is 12.5. The lowest BCUT2D eigenvalue weighted by Crippen LogP contribution is -2.14.